The van der Waals surface area contributed by atoms with Gasteiger partial charge in [0.15, 0.2) is 11.6 Å². The molecule has 4 aromatic carbocycles. The zero-order chi connectivity index (χ0) is 29.8. The highest BCUT2D eigenvalue weighted by atomic mass is 35.5. The molecule has 2 aliphatic heterocycles. The number of benzene rings is 4. The minimum atomic E-state index is -0.448. The minimum absolute atomic E-state index is 0.0922. The number of imide groups is 1. The van der Waals surface area contributed by atoms with E-state index < -0.39 is 11.8 Å². The zero-order valence-electron chi connectivity index (χ0n) is 22.2. The second-order valence-corrected chi connectivity index (χ2v) is 11.0. The van der Waals surface area contributed by atoms with Crippen molar-refractivity contribution in [2.75, 3.05) is 16.3 Å². The molecule has 1 saturated heterocycles. The number of fused-ring (bicyclic) bond motifs is 2. The third kappa shape index (κ3) is 4.39. The fraction of sp³-hybridized carbons (Fsp3) is 0.0938. The number of aromatic amines is 1. The molecule has 1 N–H and O–H groups in total. The first kappa shape index (κ1) is 26.7. The summed E-state index contributed by atoms with van der Waals surface area (Å²) >= 11 is 12.7. The molecule has 0 bridgehead atoms. The number of H-pyrrole nitrogens is 1. The van der Waals surface area contributed by atoms with E-state index in [1.54, 1.807) is 77.7 Å². The van der Waals surface area contributed by atoms with Crippen LogP contribution < -0.4 is 14.5 Å². The standard InChI is InChI=1S/C32H19Cl2N5O4/c33-24-10-8-17(12-27(24)43-29-18(15-35)4-3-7-25(29)34)19-13-28(40)38(16-19)20-9-11-26-23(14-20)30(37-36-26)39-31(41)21-5-1-2-6-22(21)32(39)42/h1-12,14,19H,13,16H2,(H,36,37)/t19-/m0/s1. The Morgan fingerprint density at radius 3 is 2.42 bits per heavy atom. The van der Waals surface area contributed by atoms with Gasteiger partial charge in [-0.3, -0.25) is 19.5 Å². The summed E-state index contributed by atoms with van der Waals surface area (Å²) in [4.78, 5) is 42.2. The lowest BCUT2D eigenvalue weighted by Crippen LogP contribution is -2.30. The van der Waals surface area contributed by atoms with Gasteiger partial charge in [0, 0.05) is 30.0 Å². The Labute approximate surface area is 254 Å². The maximum atomic E-state index is 13.3. The Morgan fingerprint density at radius 2 is 1.67 bits per heavy atom. The molecule has 0 saturated carbocycles. The number of carbonyl (C=O) groups is 3. The number of anilines is 2. The number of nitriles is 1. The van der Waals surface area contributed by atoms with E-state index in [1.165, 1.54) is 0 Å². The summed E-state index contributed by atoms with van der Waals surface area (Å²) in [6.45, 7) is 0.376. The normalized spacial score (nSPS) is 16.2. The number of amides is 3. The summed E-state index contributed by atoms with van der Waals surface area (Å²) in [7, 11) is 0. The van der Waals surface area contributed by atoms with Gasteiger partial charge in [-0.05, 0) is 60.2 Å². The van der Waals surface area contributed by atoms with Crippen molar-refractivity contribution in [1.29, 1.82) is 5.26 Å². The van der Waals surface area contributed by atoms with Crippen molar-refractivity contribution < 1.29 is 19.1 Å². The maximum absolute atomic E-state index is 13.3. The quantitative estimate of drug-likeness (QED) is 0.218. The first-order chi connectivity index (χ1) is 20.8. The van der Waals surface area contributed by atoms with Gasteiger partial charge >= 0.3 is 0 Å². The maximum Gasteiger partial charge on any atom is 0.267 e. The van der Waals surface area contributed by atoms with Crippen molar-refractivity contribution in [3.05, 3.63) is 111 Å². The van der Waals surface area contributed by atoms with E-state index in [-0.39, 0.29) is 40.4 Å². The van der Waals surface area contributed by atoms with Gasteiger partial charge in [-0.15, -0.1) is 0 Å². The van der Waals surface area contributed by atoms with Gasteiger partial charge in [-0.2, -0.15) is 10.4 Å². The molecule has 43 heavy (non-hydrogen) atoms. The van der Waals surface area contributed by atoms with Crippen LogP contribution in [0.3, 0.4) is 0 Å². The molecule has 9 nitrogen and oxygen atoms in total. The van der Waals surface area contributed by atoms with E-state index in [0.29, 0.717) is 45.0 Å². The van der Waals surface area contributed by atoms with Crippen molar-refractivity contribution in [3.8, 4) is 17.6 Å². The van der Waals surface area contributed by atoms with E-state index in [4.69, 9.17) is 27.9 Å². The lowest BCUT2D eigenvalue weighted by atomic mass is 9.98. The summed E-state index contributed by atoms with van der Waals surface area (Å²) in [5.74, 6) is -0.457. The summed E-state index contributed by atoms with van der Waals surface area (Å²) in [6.07, 6.45) is 0.241. The molecule has 0 spiro atoms. The van der Waals surface area contributed by atoms with Gasteiger partial charge in [0.2, 0.25) is 5.91 Å². The topological polar surface area (TPSA) is 119 Å². The highest BCUT2D eigenvalue weighted by molar-refractivity contribution is 6.35. The molecule has 0 unspecified atom stereocenters. The summed E-state index contributed by atoms with van der Waals surface area (Å²) in [5, 5.41) is 17.8. The molecule has 210 valence electrons. The van der Waals surface area contributed by atoms with E-state index in [0.717, 1.165) is 10.5 Å². The van der Waals surface area contributed by atoms with Crippen molar-refractivity contribution in [2.24, 2.45) is 0 Å². The third-order valence-corrected chi connectivity index (χ3v) is 8.30. The number of halogens is 2. The molecule has 0 radical (unpaired) electrons. The summed E-state index contributed by atoms with van der Waals surface area (Å²) in [5.41, 5.74) is 2.97. The molecule has 5 aromatic rings. The number of para-hydroxylation sites is 1. The highest BCUT2D eigenvalue weighted by Gasteiger charge is 2.39. The number of aromatic nitrogens is 2. The van der Waals surface area contributed by atoms with Crippen LogP contribution in [0, 0.1) is 11.3 Å². The predicted molar refractivity (Wildman–Crippen MR) is 161 cm³/mol. The van der Waals surface area contributed by atoms with E-state index in [1.807, 2.05) is 6.07 Å². The number of rotatable bonds is 5. The molecule has 3 heterocycles. The first-order valence-corrected chi connectivity index (χ1v) is 14.0. The fourth-order valence-electron chi connectivity index (χ4n) is 5.55. The SMILES string of the molecule is N#Cc1cccc(Cl)c1Oc1cc([C@H]2CC(=O)N(c3ccc4[nH]nc(N5C(=O)c6ccccc6C5=O)c4c3)C2)ccc1Cl. The van der Waals surface area contributed by atoms with E-state index >= 15 is 0 Å². The number of nitrogens with zero attached hydrogens (tertiary/aromatic N) is 4. The number of ether oxygens (including phenoxy) is 1. The molecule has 0 aliphatic carbocycles. The average molecular weight is 608 g/mol. The first-order valence-electron chi connectivity index (χ1n) is 13.3. The molecule has 1 fully saturated rings. The smallest absolute Gasteiger partial charge is 0.267 e. The Morgan fingerprint density at radius 1 is 0.907 bits per heavy atom. The van der Waals surface area contributed by atoms with Crippen molar-refractivity contribution in [1.82, 2.24) is 10.2 Å². The molecule has 11 heteroatoms. The van der Waals surface area contributed by atoms with Gasteiger partial charge in [-0.1, -0.05) is 47.5 Å². The second-order valence-electron chi connectivity index (χ2n) is 10.2. The third-order valence-electron chi connectivity index (χ3n) is 7.70. The van der Waals surface area contributed by atoms with Gasteiger partial charge in [0.1, 0.15) is 11.8 Å². The van der Waals surface area contributed by atoms with Crippen LogP contribution in [0.2, 0.25) is 10.0 Å². The van der Waals surface area contributed by atoms with Crippen LogP contribution in [-0.2, 0) is 4.79 Å². The molecule has 2 aliphatic rings. The van der Waals surface area contributed by atoms with Crippen LogP contribution in [0.25, 0.3) is 10.9 Å². The highest BCUT2D eigenvalue weighted by Crippen LogP contribution is 2.41. The lowest BCUT2D eigenvalue weighted by molar-refractivity contribution is -0.117. The van der Waals surface area contributed by atoms with Gasteiger partial charge in [0.25, 0.3) is 11.8 Å². The largest absolute Gasteiger partial charge is 0.453 e. The number of carbonyl (C=O) groups excluding carboxylic acids is 3. The Kier molecular flexibility index (Phi) is 6.38. The monoisotopic (exact) mass is 607 g/mol. The molecular formula is C32H19Cl2N5O4. The van der Waals surface area contributed by atoms with E-state index in [9.17, 15) is 19.6 Å². The van der Waals surface area contributed by atoms with Crippen molar-refractivity contribution in [2.45, 2.75) is 12.3 Å². The van der Waals surface area contributed by atoms with Crippen LogP contribution in [-0.4, -0.2) is 34.5 Å². The Bertz CT molecular complexity index is 2010. The minimum Gasteiger partial charge on any atom is -0.453 e. The van der Waals surface area contributed by atoms with Crippen LogP contribution in [0.4, 0.5) is 11.5 Å². The van der Waals surface area contributed by atoms with Gasteiger partial charge < -0.3 is 9.64 Å². The lowest BCUT2D eigenvalue weighted by Gasteiger charge is -2.18. The Balaban J connectivity index is 1.17. The van der Waals surface area contributed by atoms with Crippen LogP contribution in [0.5, 0.6) is 11.5 Å². The Hall–Kier alpha value is -5.17. The van der Waals surface area contributed by atoms with Gasteiger partial charge in [0.05, 0.1) is 32.3 Å². The number of hydrogen-bond acceptors (Lipinski definition) is 6. The van der Waals surface area contributed by atoms with Crippen molar-refractivity contribution >= 4 is 63.3 Å². The molecule has 1 aromatic heterocycles. The molecule has 3 amide bonds. The van der Waals surface area contributed by atoms with Crippen molar-refractivity contribution in [3.63, 3.8) is 0 Å². The van der Waals surface area contributed by atoms with Crippen LogP contribution >= 0.6 is 23.2 Å². The van der Waals surface area contributed by atoms with Crippen LogP contribution in [0.1, 0.15) is 44.2 Å². The zero-order valence-corrected chi connectivity index (χ0v) is 23.7. The molecule has 1 atom stereocenters. The second kappa shape index (κ2) is 10.3. The summed E-state index contributed by atoms with van der Waals surface area (Å²) < 4.78 is 5.99. The number of hydrogen-bond donors (Lipinski definition) is 1. The molecule has 7 rings (SSSR count). The molecular weight excluding hydrogens is 589 g/mol. The van der Waals surface area contributed by atoms with Crippen LogP contribution in [0.15, 0.2) is 78.9 Å². The van der Waals surface area contributed by atoms with Gasteiger partial charge in [-0.25, -0.2) is 4.90 Å². The number of nitrogens with one attached hydrogen (secondary N) is 1. The summed E-state index contributed by atoms with van der Waals surface area (Å²) in [6, 6.07) is 24.2. The fourth-order valence-corrected chi connectivity index (χ4v) is 5.92. The van der Waals surface area contributed by atoms with E-state index in [2.05, 4.69) is 16.3 Å². The average Bonchev–Trinajstić information content (AvgIpc) is 3.68. The predicted octanol–water partition coefficient (Wildman–Crippen LogP) is 6.85.